The Morgan fingerprint density at radius 1 is 1.29 bits per heavy atom. The molecule has 0 aliphatic carbocycles. The van der Waals surface area contributed by atoms with Gasteiger partial charge in [-0.25, -0.2) is 0 Å². The molecule has 0 spiro atoms. The number of carbonyl (C=O) groups excluding carboxylic acids is 1. The number of aliphatic hydroxyl groups excluding tert-OH is 2. The summed E-state index contributed by atoms with van der Waals surface area (Å²) in [5.41, 5.74) is -0.627. The molecule has 0 aromatic rings. The van der Waals surface area contributed by atoms with E-state index in [1.54, 1.807) is 0 Å². The van der Waals surface area contributed by atoms with Crippen LogP contribution in [0.1, 0.15) is 20.3 Å². The summed E-state index contributed by atoms with van der Waals surface area (Å²) in [4.78, 5) is 10.5. The third kappa shape index (κ3) is 4.55. The van der Waals surface area contributed by atoms with Gasteiger partial charge in [0.1, 0.15) is 0 Å². The molecule has 0 bridgehead atoms. The zero-order chi connectivity index (χ0) is 11.0. The van der Waals surface area contributed by atoms with Gasteiger partial charge in [0.25, 0.3) is 0 Å². The lowest BCUT2D eigenvalue weighted by Gasteiger charge is -2.29. The van der Waals surface area contributed by atoms with Crippen molar-refractivity contribution in [2.45, 2.75) is 25.8 Å². The van der Waals surface area contributed by atoms with E-state index >= 15 is 0 Å². The fourth-order valence-corrected chi connectivity index (χ4v) is 1.08. The van der Waals surface area contributed by atoms with Crippen LogP contribution in [-0.4, -0.2) is 48.0 Å². The quantitative estimate of drug-likeness (QED) is 0.395. The molecule has 4 N–H and O–H groups in total. The smallest absolute Gasteiger partial charge is 0.216 e. The van der Waals surface area contributed by atoms with Gasteiger partial charge in [-0.15, -0.1) is 0 Å². The molecule has 0 aromatic carbocycles. The van der Waals surface area contributed by atoms with Crippen LogP contribution in [0.15, 0.2) is 0 Å². The summed E-state index contributed by atoms with van der Waals surface area (Å²) < 4.78 is 0. The van der Waals surface area contributed by atoms with Crippen molar-refractivity contribution in [1.82, 2.24) is 10.6 Å². The van der Waals surface area contributed by atoms with Crippen LogP contribution in [0.4, 0.5) is 0 Å². The van der Waals surface area contributed by atoms with Gasteiger partial charge in [0, 0.05) is 20.0 Å². The van der Waals surface area contributed by atoms with E-state index < -0.39 is 5.54 Å². The molecule has 0 fully saturated rings. The fourth-order valence-electron chi connectivity index (χ4n) is 1.08. The second-order valence-corrected chi connectivity index (χ2v) is 3.36. The van der Waals surface area contributed by atoms with E-state index in [0.29, 0.717) is 19.5 Å². The van der Waals surface area contributed by atoms with Crippen LogP contribution < -0.4 is 10.6 Å². The predicted molar refractivity (Wildman–Crippen MR) is 53.9 cm³/mol. The number of hydrogen-bond acceptors (Lipinski definition) is 4. The van der Waals surface area contributed by atoms with Gasteiger partial charge < -0.3 is 20.8 Å². The Morgan fingerprint density at radius 3 is 2.21 bits per heavy atom. The second kappa shape index (κ2) is 6.75. The maximum absolute atomic E-state index is 10.5. The monoisotopic (exact) mass is 204 g/mol. The average Bonchev–Trinajstić information content (AvgIpc) is 2.19. The van der Waals surface area contributed by atoms with Crippen molar-refractivity contribution in [1.29, 1.82) is 0 Å². The van der Waals surface area contributed by atoms with E-state index in [1.165, 1.54) is 6.92 Å². The lowest BCUT2D eigenvalue weighted by Crippen LogP contribution is -2.53. The lowest BCUT2D eigenvalue weighted by atomic mass is 9.99. The minimum atomic E-state index is -0.627. The van der Waals surface area contributed by atoms with Crippen LogP contribution in [0, 0.1) is 0 Å². The zero-order valence-corrected chi connectivity index (χ0v) is 8.84. The van der Waals surface area contributed by atoms with Gasteiger partial charge in [0.2, 0.25) is 5.91 Å². The van der Waals surface area contributed by atoms with Crippen molar-refractivity contribution < 1.29 is 15.0 Å². The largest absolute Gasteiger partial charge is 0.394 e. The molecule has 0 aliphatic rings. The molecule has 0 heterocycles. The molecule has 0 saturated heterocycles. The molecule has 0 aromatic heterocycles. The molecule has 5 nitrogen and oxygen atoms in total. The second-order valence-electron chi connectivity index (χ2n) is 3.36. The van der Waals surface area contributed by atoms with Crippen molar-refractivity contribution in [3.63, 3.8) is 0 Å². The third-order valence-electron chi connectivity index (χ3n) is 2.28. The Balaban J connectivity index is 3.77. The SMILES string of the molecule is CCC(CO)(CO)NCCNC(C)=O. The molecule has 0 atom stereocenters. The molecule has 84 valence electrons. The first-order valence-corrected chi connectivity index (χ1v) is 4.81. The highest BCUT2D eigenvalue weighted by Gasteiger charge is 2.24. The van der Waals surface area contributed by atoms with Crippen LogP contribution in [0.3, 0.4) is 0 Å². The van der Waals surface area contributed by atoms with Crippen molar-refractivity contribution in [2.75, 3.05) is 26.3 Å². The summed E-state index contributed by atoms with van der Waals surface area (Å²) in [7, 11) is 0. The summed E-state index contributed by atoms with van der Waals surface area (Å²) in [6.45, 7) is 4.15. The number of carbonyl (C=O) groups is 1. The topological polar surface area (TPSA) is 81.6 Å². The van der Waals surface area contributed by atoms with Gasteiger partial charge in [-0.1, -0.05) is 6.92 Å². The van der Waals surface area contributed by atoms with E-state index in [4.69, 9.17) is 10.2 Å². The Labute approximate surface area is 84.5 Å². The molecule has 0 aliphatic heterocycles. The molecule has 5 heteroatoms. The third-order valence-corrected chi connectivity index (χ3v) is 2.28. The minimum absolute atomic E-state index is 0.0816. The summed E-state index contributed by atoms with van der Waals surface area (Å²) in [5.74, 6) is -0.0816. The number of hydrogen-bond donors (Lipinski definition) is 4. The van der Waals surface area contributed by atoms with Crippen molar-refractivity contribution in [2.24, 2.45) is 0 Å². The van der Waals surface area contributed by atoms with Crippen LogP contribution in [0.5, 0.6) is 0 Å². The first-order valence-electron chi connectivity index (χ1n) is 4.81. The minimum Gasteiger partial charge on any atom is -0.394 e. The Hall–Kier alpha value is -0.650. The number of aliphatic hydroxyl groups is 2. The highest BCUT2D eigenvalue weighted by atomic mass is 16.3. The summed E-state index contributed by atoms with van der Waals surface area (Å²) in [5, 5.41) is 23.8. The van der Waals surface area contributed by atoms with E-state index in [-0.39, 0.29) is 19.1 Å². The predicted octanol–water partition coefficient (Wildman–Crippen LogP) is -1.15. The average molecular weight is 204 g/mol. The normalized spacial score (nSPS) is 11.4. The van der Waals surface area contributed by atoms with Crippen LogP contribution in [-0.2, 0) is 4.79 Å². The fraction of sp³-hybridized carbons (Fsp3) is 0.889. The van der Waals surface area contributed by atoms with Gasteiger partial charge in [-0.2, -0.15) is 0 Å². The van der Waals surface area contributed by atoms with Gasteiger partial charge in [0.15, 0.2) is 0 Å². The summed E-state index contributed by atoms with van der Waals surface area (Å²) in [6.07, 6.45) is 0.639. The van der Waals surface area contributed by atoms with Crippen LogP contribution >= 0.6 is 0 Å². The Bertz CT molecular complexity index is 161. The highest BCUT2D eigenvalue weighted by molar-refractivity contribution is 5.72. The zero-order valence-electron chi connectivity index (χ0n) is 8.84. The molecular formula is C9H20N2O3. The Kier molecular flexibility index (Phi) is 6.44. The summed E-state index contributed by atoms with van der Waals surface area (Å²) >= 11 is 0. The Morgan fingerprint density at radius 2 is 1.86 bits per heavy atom. The molecule has 0 rings (SSSR count). The molecule has 0 saturated carbocycles. The van der Waals surface area contributed by atoms with E-state index in [1.807, 2.05) is 6.92 Å². The molecular weight excluding hydrogens is 184 g/mol. The number of amides is 1. The van der Waals surface area contributed by atoms with E-state index in [0.717, 1.165) is 0 Å². The number of rotatable bonds is 7. The lowest BCUT2D eigenvalue weighted by molar-refractivity contribution is -0.118. The molecule has 0 unspecified atom stereocenters. The molecule has 1 amide bonds. The van der Waals surface area contributed by atoms with Gasteiger partial charge in [-0.05, 0) is 6.42 Å². The molecule has 0 radical (unpaired) electrons. The first-order chi connectivity index (χ1) is 6.60. The van der Waals surface area contributed by atoms with Gasteiger partial charge >= 0.3 is 0 Å². The van der Waals surface area contributed by atoms with Crippen LogP contribution in [0.25, 0.3) is 0 Å². The van der Waals surface area contributed by atoms with Gasteiger partial charge in [0.05, 0.1) is 18.8 Å². The maximum atomic E-state index is 10.5. The number of nitrogens with one attached hydrogen (secondary N) is 2. The van der Waals surface area contributed by atoms with Gasteiger partial charge in [-0.3, -0.25) is 4.79 Å². The van der Waals surface area contributed by atoms with Crippen molar-refractivity contribution >= 4 is 5.91 Å². The highest BCUT2D eigenvalue weighted by Crippen LogP contribution is 2.06. The van der Waals surface area contributed by atoms with E-state index in [2.05, 4.69) is 10.6 Å². The molecule has 14 heavy (non-hydrogen) atoms. The van der Waals surface area contributed by atoms with Crippen molar-refractivity contribution in [3.05, 3.63) is 0 Å². The van der Waals surface area contributed by atoms with E-state index in [9.17, 15) is 4.79 Å². The standard InChI is InChI=1S/C9H20N2O3/c1-3-9(6-12,7-13)11-5-4-10-8(2)14/h11-13H,3-7H2,1-2H3,(H,10,14). The van der Waals surface area contributed by atoms with Crippen molar-refractivity contribution in [3.8, 4) is 0 Å². The maximum Gasteiger partial charge on any atom is 0.216 e. The summed E-state index contributed by atoms with van der Waals surface area (Å²) in [6, 6.07) is 0. The van der Waals surface area contributed by atoms with Crippen LogP contribution in [0.2, 0.25) is 0 Å². The first kappa shape index (κ1) is 13.4.